The largest absolute Gasteiger partial charge is 0.493 e. The number of rotatable bonds is 7. The molecule has 0 fully saturated rings. The Morgan fingerprint density at radius 1 is 1.36 bits per heavy atom. The third kappa shape index (κ3) is 5.05. The highest BCUT2D eigenvalue weighted by molar-refractivity contribution is 5.85. The van der Waals surface area contributed by atoms with Crippen LogP contribution in [-0.2, 0) is 11.2 Å². The summed E-state index contributed by atoms with van der Waals surface area (Å²) in [6.45, 7) is 1.81. The fourth-order valence-corrected chi connectivity index (χ4v) is 1.76. The monoisotopic (exact) mass is 333 g/mol. The Kier molecular flexibility index (Phi) is 8.21. The van der Waals surface area contributed by atoms with Gasteiger partial charge in [-0.3, -0.25) is 14.9 Å². The van der Waals surface area contributed by atoms with Crippen LogP contribution in [0.5, 0.6) is 11.5 Å². The van der Waals surface area contributed by atoms with E-state index in [2.05, 4.69) is 5.32 Å². The number of halogens is 1. The first kappa shape index (κ1) is 19.9. The average molecular weight is 334 g/mol. The van der Waals surface area contributed by atoms with Crippen molar-refractivity contribution in [2.45, 2.75) is 19.4 Å². The Labute approximate surface area is 134 Å². The van der Waals surface area contributed by atoms with E-state index in [1.807, 2.05) is 0 Å². The summed E-state index contributed by atoms with van der Waals surface area (Å²) in [4.78, 5) is 22.0. The van der Waals surface area contributed by atoms with Gasteiger partial charge < -0.3 is 20.5 Å². The van der Waals surface area contributed by atoms with Crippen molar-refractivity contribution in [2.75, 3.05) is 20.8 Å². The Hall–Kier alpha value is -2.06. The number of nitrogens with zero attached hydrogens (tertiary/aromatic N) is 1. The number of nitrogens with one attached hydrogen (secondary N) is 1. The van der Waals surface area contributed by atoms with Crippen molar-refractivity contribution in [3.05, 3.63) is 27.8 Å². The lowest BCUT2D eigenvalue weighted by molar-refractivity contribution is -0.385. The second-order valence-electron chi connectivity index (χ2n) is 4.42. The van der Waals surface area contributed by atoms with Gasteiger partial charge in [-0.25, -0.2) is 0 Å². The van der Waals surface area contributed by atoms with Crippen LogP contribution in [0, 0.1) is 10.1 Å². The molecule has 0 bridgehead atoms. The van der Waals surface area contributed by atoms with Gasteiger partial charge in [0.05, 0.1) is 31.3 Å². The smallest absolute Gasteiger partial charge is 0.276 e. The number of amides is 1. The maximum Gasteiger partial charge on any atom is 0.276 e. The molecule has 1 rings (SSSR count). The molecule has 1 atom stereocenters. The highest BCUT2D eigenvalue weighted by Gasteiger charge is 2.19. The van der Waals surface area contributed by atoms with Crippen molar-refractivity contribution in [3.8, 4) is 11.5 Å². The molecule has 0 saturated heterocycles. The van der Waals surface area contributed by atoms with Gasteiger partial charge in [-0.05, 0) is 19.4 Å². The van der Waals surface area contributed by atoms with Gasteiger partial charge in [0.25, 0.3) is 5.69 Å². The number of hydrogen-bond donors (Lipinski definition) is 2. The molecule has 0 saturated carbocycles. The normalized spacial score (nSPS) is 11.1. The van der Waals surface area contributed by atoms with Crippen LogP contribution >= 0.6 is 12.4 Å². The summed E-state index contributed by atoms with van der Waals surface area (Å²) in [6.07, 6.45) is 0.287. The second-order valence-corrected chi connectivity index (χ2v) is 4.42. The van der Waals surface area contributed by atoms with Gasteiger partial charge >= 0.3 is 0 Å². The minimum absolute atomic E-state index is 0. The lowest BCUT2D eigenvalue weighted by Gasteiger charge is -2.11. The molecule has 124 valence electrons. The van der Waals surface area contributed by atoms with E-state index in [4.69, 9.17) is 15.2 Å². The fourth-order valence-electron chi connectivity index (χ4n) is 1.76. The molecular weight excluding hydrogens is 314 g/mol. The highest BCUT2D eigenvalue weighted by Crippen LogP contribution is 2.34. The molecule has 22 heavy (non-hydrogen) atoms. The Morgan fingerprint density at radius 3 is 2.36 bits per heavy atom. The van der Waals surface area contributed by atoms with Crippen LogP contribution in [0.15, 0.2) is 12.1 Å². The molecular formula is C13H20ClN3O5. The molecule has 0 spiro atoms. The van der Waals surface area contributed by atoms with Gasteiger partial charge in [0.15, 0.2) is 11.5 Å². The summed E-state index contributed by atoms with van der Waals surface area (Å²) >= 11 is 0. The number of benzene rings is 1. The number of carbonyl (C=O) groups excluding carboxylic acids is 1. The number of carbonyl (C=O) groups is 1. The van der Waals surface area contributed by atoms with E-state index < -0.39 is 11.0 Å². The highest BCUT2D eigenvalue weighted by atomic mass is 35.5. The van der Waals surface area contributed by atoms with Crippen molar-refractivity contribution in [1.82, 2.24) is 5.32 Å². The molecule has 9 heteroatoms. The summed E-state index contributed by atoms with van der Waals surface area (Å²) in [5, 5.41) is 13.7. The first-order chi connectivity index (χ1) is 9.90. The molecule has 3 N–H and O–H groups in total. The topological polar surface area (TPSA) is 117 Å². The quantitative estimate of drug-likeness (QED) is 0.568. The predicted octanol–water partition coefficient (Wildman–Crippen LogP) is 1.04. The van der Waals surface area contributed by atoms with Gasteiger partial charge in [0, 0.05) is 12.1 Å². The van der Waals surface area contributed by atoms with Crippen LogP contribution < -0.4 is 20.5 Å². The zero-order chi connectivity index (χ0) is 16.0. The average Bonchev–Trinajstić information content (AvgIpc) is 2.45. The van der Waals surface area contributed by atoms with Gasteiger partial charge in [0.1, 0.15) is 0 Å². The van der Waals surface area contributed by atoms with Crippen LogP contribution in [0.25, 0.3) is 0 Å². The molecule has 1 aromatic rings. The van der Waals surface area contributed by atoms with E-state index in [0.29, 0.717) is 11.3 Å². The number of nitrogens with two attached hydrogens (primary N) is 1. The van der Waals surface area contributed by atoms with Gasteiger partial charge in [0.2, 0.25) is 5.91 Å². The maximum absolute atomic E-state index is 11.4. The molecule has 1 aromatic carbocycles. The van der Waals surface area contributed by atoms with E-state index >= 15 is 0 Å². The molecule has 0 radical (unpaired) electrons. The van der Waals surface area contributed by atoms with E-state index in [1.54, 1.807) is 6.92 Å². The summed E-state index contributed by atoms with van der Waals surface area (Å²) in [6, 6.07) is 2.22. The molecule has 1 unspecified atom stereocenters. The van der Waals surface area contributed by atoms with Crippen LogP contribution in [0.3, 0.4) is 0 Å². The van der Waals surface area contributed by atoms with Gasteiger partial charge in [-0.1, -0.05) is 0 Å². The van der Waals surface area contributed by atoms with Crippen LogP contribution in [0.4, 0.5) is 5.69 Å². The molecule has 8 nitrogen and oxygen atoms in total. The third-order valence-corrected chi connectivity index (χ3v) is 2.89. The third-order valence-electron chi connectivity index (χ3n) is 2.89. The zero-order valence-corrected chi connectivity index (χ0v) is 13.4. The Bertz CT molecular complexity index is 537. The van der Waals surface area contributed by atoms with E-state index in [-0.39, 0.29) is 42.7 Å². The molecule has 0 heterocycles. The number of methoxy groups -OCH3 is 2. The van der Waals surface area contributed by atoms with Gasteiger partial charge in [-0.2, -0.15) is 0 Å². The van der Waals surface area contributed by atoms with E-state index in [9.17, 15) is 14.9 Å². The van der Waals surface area contributed by atoms with Crippen molar-refractivity contribution >= 4 is 24.0 Å². The molecule has 0 aliphatic heterocycles. The summed E-state index contributed by atoms with van der Waals surface area (Å²) in [5.74, 6) is 0.377. The van der Waals surface area contributed by atoms with E-state index in [1.165, 1.54) is 26.4 Å². The second kappa shape index (κ2) is 9.06. The van der Waals surface area contributed by atoms with Crippen LogP contribution in [0.2, 0.25) is 0 Å². The molecule has 0 aromatic heterocycles. The van der Waals surface area contributed by atoms with Gasteiger partial charge in [-0.15, -0.1) is 12.4 Å². The van der Waals surface area contributed by atoms with Crippen LogP contribution in [-0.4, -0.2) is 37.6 Å². The minimum Gasteiger partial charge on any atom is -0.493 e. The number of nitro benzene ring substituents is 1. The standard InChI is InChI=1S/C13H19N3O5.ClH/c1-8(14)13(17)15-5-4-9-6-11(20-2)12(21-3)7-10(9)16(18)19;/h6-8H,4-5,14H2,1-3H3,(H,15,17);1H. The predicted molar refractivity (Wildman–Crippen MR) is 83.8 cm³/mol. The number of hydrogen-bond acceptors (Lipinski definition) is 6. The van der Waals surface area contributed by atoms with Crippen molar-refractivity contribution in [2.24, 2.45) is 5.73 Å². The van der Waals surface area contributed by atoms with Crippen molar-refractivity contribution in [3.63, 3.8) is 0 Å². The summed E-state index contributed by atoms with van der Waals surface area (Å²) < 4.78 is 10.2. The lowest BCUT2D eigenvalue weighted by Crippen LogP contribution is -2.39. The molecule has 0 aliphatic rings. The minimum atomic E-state index is -0.620. The number of nitro groups is 1. The SMILES string of the molecule is COc1cc(CCNC(=O)C(C)N)c([N+](=O)[O-])cc1OC.Cl. The summed E-state index contributed by atoms with van der Waals surface area (Å²) in [5.41, 5.74) is 5.79. The van der Waals surface area contributed by atoms with Crippen LogP contribution in [0.1, 0.15) is 12.5 Å². The fraction of sp³-hybridized carbons (Fsp3) is 0.462. The van der Waals surface area contributed by atoms with Crippen molar-refractivity contribution in [1.29, 1.82) is 0 Å². The first-order valence-electron chi connectivity index (χ1n) is 6.33. The van der Waals surface area contributed by atoms with Crippen molar-refractivity contribution < 1.29 is 19.2 Å². The first-order valence-corrected chi connectivity index (χ1v) is 6.33. The maximum atomic E-state index is 11.4. The Balaban J connectivity index is 0.00000441. The van der Waals surface area contributed by atoms with E-state index in [0.717, 1.165) is 0 Å². The Morgan fingerprint density at radius 2 is 1.91 bits per heavy atom. The molecule has 1 amide bonds. The zero-order valence-electron chi connectivity index (χ0n) is 12.6. The number of ether oxygens (including phenoxy) is 2. The molecule has 0 aliphatic carbocycles. The lowest BCUT2D eigenvalue weighted by atomic mass is 10.1. The summed E-state index contributed by atoms with van der Waals surface area (Å²) in [7, 11) is 2.86.